The fourth-order valence-corrected chi connectivity index (χ4v) is 2.62. The van der Waals surface area contributed by atoms with Crippen molar-refractivity contribution in [3.05, 3.63) is 23.3 Å². The first-order chi connectivity index (χ1) is 7.64. The van der Waals surface area contributed by atoms with Gasteiger partial charge in [0.05, 0.1) is 10.6 Å². The van der Waals surface area contributed by atoms with Crippen LogP contribution in [-0.4, -0.2) is 18.7 Å². The van der Waals surface area contributed by atoms with Crippen LogP contribution in [0.3, 0.4) is 0 Å². The third kappa shape index (κ3) is 1.79. The van der Waals surface area contributed by atoms with E-state index in [1.54, 1.807) is 6.92 Å². The summed E-state index contributed by atoms with van der Waals surface area (Å²) in [4.78, 5) is 4.40. The molecule has 4 nitrogen and oxygen atoms in total. The number of hydrogen-bond acceptors (Lipinski definition) is 3. The zero-order valence-electron chi connectivity index (χ0n) is 10.3. The lowest BCUT2D eigenvalue weighted by Crippen LogP contribution is -2.23. The molecule has 0 unspecified atom stereocenters. The van der Waals surface area contributed by atoms with E-state index >= 15 is 0 Å². The average Bonchev–Trinajstić information content (AvgIpc) is 2.39. The maximum atomic E-state index is 11.2. The predicted molar refractivity (Wildman–Crippen MR) is 66.8 cm³/mol. The molecule has 0 atom stereocenters. The van der Waals surface area contributed by atoms with Crippen molar-refractivity contribution in [2.45, 2.75) is 38.0 Å². The number of hydrogen-bond donors (Lipinski definition) is 1. The molecule has 0 radical (unpaired) electrons. The van der Waals surface area contributed by atoms with Crippen molar-refractivity contribution in [2.75, 3.05) is 0 Å². The van der Waals surface area contributed by atoms with Crippen molar-refractivity contribution >= 4 is 21.5 Å². The van der Waals surface area contributed by atoms with Gasteiger partial charge in [0.25, 0.3) is 10.1 Å². The lowest BCUT2D eigenvalue weighted by molar-refractivity contribution is 0.483. The molecule has 1 heterocycles. The Balaban J connectivity index is 2.77. The van der Waals surface area contributed by atoms with Gasteiger partial charge in [-0.3, -0.25) is 9.55 Å². The van der Waals surface area contributed by atoms with Gasteiger partial charge >= 0.3 is 0 Å². The molecule has 0 aliphatic carbocycles. The molecule has 1 N–H and O–H groups in total. The summed E-state index contributed by atoms with van der Waals surface area (Å²) in [5, 5.41) is 0. The van der Waals surface area contributed by atoms with Crippen LogP contribution in [0.25, 0.3) is 0 Å². The molecule has 0 bridgehead atoms. The van der Waals surface area contributed by atoms with Crippen LogP contribution in [0.2, 0.25) is 0 Å². The summed E-state index contributed by atoms with van der Waals surface area (Å²) in [5.41, 5.74) is 3.09. The fraction of sp³-hybridized carbons (Fsp3) is 0.417. The van der Waals surface area contributed by atoms with Gasteiger partial charge in [-0.1, -0.05) is 13.8 Å². The first-order valence-corrected chi connectivity index (χ1v) is 6.76. The maximum absolute atomic E-state index is 11.2. The van der Waals surface area contributed by atoms with Gasteiger partial charge in [0.15, 0.2) is 0 Å². The largest absolute Gasteiger partial charge is 0.294 e. The highest BCUT2D eigenvalue weighted by Crippen LogP contribution is 2.42. The Kier molecular flexibility index (Phi) is 2.45. The van der Waals surface area contributed by atoms with Crippen LogP contribution in [0.1, 0.15) is 31.9 Å². The number of nitrogens with zero attached hydrogens (tertiary/aromatic N) is 1. The Hall–Kier alpha value is -1.20. The highest BCUT2D eigenvalue weighted by Gasteiger charge is 2.34. The Morgan fingerprint density at radius 1 is 1.24 bits per heavy atom. The molecule has 1 aromatic carbocycles. The zero-order chi connectivity index (χ0) is 13.0. The van der Waals surface area contributed by atoms with Gasteiger partial charge < -0.3 is 0 Å². The molecular formula is C12H15NO3S. The Bertz CT molecular complexity index is 627. The van der Waals surface area contributed by atoms with Crippen molar-refractivity contribution in [2.24, 2.45) is 4.99 Å². The van der Waals surface area contributed by atoms with Crippen LogP contribution in [0.4, 0.5) is 5.69 Å². The van der Waals surface area contributed by atoms with E-state index in [-0.39, 0.29) is 10.3 Å². The second kappa shape index (κ2) is 3.40. The van der Waals surface area contributed by atoms with Gasteiger partial charge in [-0.2, -0.15) is 8.42 Å². The molecule has 0 amide bonds. The quantitative estimate of drug-likeness (QED) is 0.782. The molecule has 1 aromatic rings. The topological polar surface area (TPSA) is 66.7 Å². The van der Waals surface area contributed by atoms with E-state index in [1.807, 2.05) is 20.8 Å². The summed E-state index contributed by atoms with van der Waals surface area (Å²) < 4.78 is 31.5. The van der Waals surface area contributed by atoms with Crippen LogP contribution < -0.4 is 0 Å². The van der Waals surface area contributed by atoms with Gasteiger partial charge in [0, 0.05) is 11.1 Å². The van der Waals surface area contributed by atoms with Crippen LogP contribution in [-0.2, 0) is 15.5 Å². The molecule has 0 saturated carbocycles. The molecule has 5 heteroatoms. The molecular weight excluding hydrogens is 238 g/mol. The van der Waals surface area contributed by atoms with E-state index in [2.05, 4.69) is 4.99 Å². The lowest BCUT2D eigenvalue weighted by atomic mass is 9.82. The summed E-state index contributed by atoms with van der Waals surface area (Å²) in [7, 11) is -4.17. The minimum atomic E-state index is -4.17. The van der Waals surface area contributed by atoms with Crippen molar-refractivity contribution in [3.8, 4) is 0 Å². The Morgan fingerprint density at radius 3 is 2.35 bits per heavy atom. The first kappa shape index (κ1) is 12.3. The van der Waals surface area contributed by atoms with Gasteiger partial charge in [-0.25, -0.2) is 0 Å². The highest BCUT2D eigenvalue weighted by molar-refractivity contribution is 7.85. The second-order valence-electron chi connectivity index (χ2n) is 4.93. The third-order valence-corrected chi connectivity index (χ3v) is 4.26. The summed E-state index contributed by atoms with van der Waals surface area (Å²) in [5.74, 6) is 0. The van der Waals surface area contributed by atoms with Gasteiger partial charge in [-0.15, -0.1) is 0 Å². The van der Waals surface area contributed by atoms with E-state index in [0.29, 0.717) is 0 Å². The van der Waals surface area contributed by atoms with Crippen LogP contribution in [0.5, 0.6) is 0 Å². The standard InChI is InChI=1S/C12H15NO3S/c1-7-5-9(17(14,15)16)6-10-11(7)13-8(2)12(10,3)4/h5-6H,1-4H3,(H,14,15,16). The fourth-order valence-electron chi connectivity index (χ4n) is 2.02. The zero-order valence-corrected chi connectivity index (χ0v) is 11.1. The van der Waals surface area contributed by atoms with Crippen LogP contribution in [0, 0.1) is 6.92 Å². The molecule has 92 valence electrons. The third-order valence-electron chi connectivity index (χ3n) is 3.43. The maximum Gasteiger partial charge on any atom is 0.294 e. The van der Waals surface area contributed by atoms with E-state index in [9.17, 15) is 8.42 Å². The number of aliphatic imine (C=N–C) groups is 1. The van der Waals surface area contributed by atoms with Crippen LogP contribution in [0.15, 0.2) is 22.0 Å². The Labute approximate surface area is 101 Å². The second-order valence-corrected chi connectivity index (χ2v) is 6.36. The number of benzene rings is 1. The summed E-state index contributed by atoms with van der Waals surface area (Å²) in [6.07, 6.45) is 0. The SMILES string of the molecule is CC1=Nc2c(C)cc(S(=O)(=O)O)cc2C1(C)C. The van der Waals surface area contributed by atoms with E-state index in [0.717, 1.165) is 22.5 Å². The van der Waals surface area contributed by atoms with Crippen LogP contribution >= 0.6 is 0 Å². The van der Waals surface area contributed by atoms with E-state index < -0.39 is 10.1 Å². The number of aryl methyl sites for hydroxylation is 1. The lowest BCUT2D eigenvalue weighted by Gasteiger charge is -2.20. The normalized spacial score (nSPS) is 17.8. The van der Waals surface area contributed by atoms with Crippen molar-refractivity contribution in [3.63, 3.8) is 0 Å². The molecule has 0 spiro atoms. The van der Waals surface area contributed by atoms with E-state index in [4.69, 9.17) is 4.55 Å². The minimum absolute atomic E-state index is 0.0632. The van der Waals surface area contributed by atoms with Crippen molar-refractivity contribution < 1.29 is 13.0 Å². The molecule has 0 saturated heterocycles. The summed E-state index contributed by atoms with van der Waals surface area (Å²) in [6.45, 7) is 7.70. The van der Waals surface area contributed by atoms with Crippen molar-refractivity contribution in [1.82, 2.24) is 0 Å². The summed E-state index contributed by atoms with van der Waals surface area (Å²) >= 11 is 0. The van der Waals surface area contributed by atoms with Crippen molar-refractivity contribution in [1.29, 1.82) is 0 Å². The number of rotatable bonds is 1. The highest BCUT2D eigenvalue weighted by atomic mass is 32.2. The molecule has 0 fully saturated rings. The molecule has 1 aliphatic rings. The molecule has 17 heavy (non-hydrogen) atoms. The summed E-state index contributed by atoms with van der Waals surface area (Å²) in [6, 6.07) is 2.96. The number of fused-ring (bicyclic) bond motifs is 1. The molecule has 2 rings (SSSR count). The monoisotopic (exact) mass is 253 g/mol. The minimum Gasteiger partial charge on any atom is -0.282 e. The van der Waals surface area contributed by atoms with Gasteiger partial charge in [0.1, 0.15) is 0 Å². The molecule has 1 aliphatic heterocycles. The Morgan fingerprint density at radius 2 is 1.82 bits per heavy atom. The van der Waals surface area contributed by atoms with Gasteiger partial charge in [0.2, 0.25) is 0 Å². The van der Waals surface area contributed by atoms with E-state index in [1.165, 1.54) is 12.1 Å². The predicted octanol–water partition coefficient (Wildman–Crippen LogP) is 2.63. The smallest absolute Gasteiger partial charge is 0.282 e. The van der Waals surface area contributed by atoms with Gasteiger partial charge in [-0.05, 0) is 37.1 Å². The molecule has 0 aromatic heterocycles. The average molecular weight is 253 g/mol. The first-order valence-electron chi connectivity index (χ1n) is 5.32.